The first-order valence-corrected chi connectivity index (χ1v) is 11.2. The van der Waals surface area contributed by atoms with Crippen molar-refractivity contribution in [2.24, 2.45) is 0 Å². The average molecular weight is 462 g/mol. The summed E-state index contributed by atoms with van der Waals surface area (Å²) in [5.41, 5.74) is 9.04. The number of nitrogen functional groups attached to an aromatic ring is 1. The number of amides is 3. The molecule has 3 amide bonds. The van der Waals surface area contributed by atoms with Gasteiger partial charge in [0.25, 0.3) is 5.91 Å². The van der Waals surface area contributed by atoms with E-state index in [1.54, 1.807) is 41.1 Å². The zero-order valence-corrected chi connectivity index (χ0v) is 19.1. The van der Waals surface area contributed by atoms with E-state index in [0.717, 1.165) is 11.3 Å². The number of para-hydroxylation sites is 1. The van der Waals surface area contributed by atoms with Gasteiger partial charge in [0.1, 0.15) is 5.82 Å². The van der Waals surface area contributed by atoms with Gasteiger partial charge in [0, 0.05) is 51.1 Å². The minimum atomic E-state index is -0.473. The normalized spacial score (nSPS) is 13.5. The van der Waals surface area contributed by atoms with E-state index < -0.39 is 5.82 Å². The van der Waals surface area contributed by atoms with Gasteiger partial charge in [0.05, 0.1) is 11.3 Å². The van der Waals surface area contributed by atoms with Gasteiger partial charge in [0.2, 0.25) is 0 Å². The fourth-order valence-corrected chi connectivity index (χ4v) is 4.04. The molecule has 0 bridgehead atoms. The second kappa shape index (κ2) is 10.2. The highest BCUT2D eigenvalue weighted by molar-refractivity contribution is 6.00. The number of anilines is 3. The monoisotopic (exact) mass is 461 g/mol. The van der Waals surface area contributed by atoms with Crippen molar-refractivity contribution in [2.75, 3.05) is 49.2 Å². The average Bonchev–Trinajstić information content (AvgIpc) is 2.85. The Morgan fingerprint density at radius 1 is 0.971 bits per heavy atom. The highest BCUT2D eigenvalue weighted by atomic mass is 19.1. The number of hydrogen-bond acceptors (Lipinski definition) is 4. The molecule has 0 spiro atoms. The molecule has 3 N–H and O–H groups in total. The Morgan fingerprint density at radius 2 is 1.65 bits per heavy atom. The maximum Gasteiger partial charge on any atom is 0.322 e. The number of nitrogens with two attached hydrogens (primary N) is 1. The van der Waals surface area contributed by atoms with Gasteiger partial charge in [-0.25, -0.2) is 9.18 Å². The molecule has 1 aliphatic rings. The Labute approximate surface area is 198 Å². The third-order valence-corrected chi connectivity index (χ3v) is 5.88. The van der Waals surface area contributed by atoms with Gasteiger partial charge in [-0.1, -0.05) is 42.5 Å². The van der Waals surface area contributed by atoms with Crippen molar-refractivity contribution in [3.05, 3.63) is 89.7 Å². The molecular formula is C26H28FN5O2. The summed E-state index contributed by atoms with van der Waals surface area (Å²) >= 11 is 0. The number of hydrogen-bond donors (Lipinski definition) is 2. The number of nitrogens with one attached hydrogen (secondary N) is 1. The van der Waals surface area contributed by atoms with E-state index in [9.17, 15) is 14.0 Å². The van der Waals surface area contributed by atoms with Crippen molar-refractivity contribution in [2.45, 2.75) is 6.54 Å². The summed E-state index contributed by atoms with van der Waals surface area (Å²) < 4.78 is 13.9. The predicted molar refractivity (Wildman–Crippen MR) is 132 cm³/mol. The molecule has 1 fully saturated rings. The van der Waals surface area contributed by atoms with Crippen molar-refractivity contribution in [1.29, 1.82) is 0 Å². The van der Waals surface area contributed by atoms with E-state index in [2.05, 4.69) is 10.2 Å². The lowest BCUT2D eigenvalue weighted by Crippen LogP contribution is -2.50. The molecule has 1 heterocycles. The van der Waals surface area contributed by atoms with Gasteiger partial charge >= 0.3 is 6.03 Å². The molecule has 4 rings (SSSR count). The first kappa shape index (κ1) is 23.1. The van der Waals surface area contributed by atoms with Crippen LogP contribution in [-0.2, 0) is 6.54 Å². The Hall–Kier alpha value is -4.07. The van der Waals surface area contributed by atoms with E-state index >= 15 is 0 Å². The molecule has 3 aromatic carbocycles. The van der Waals surface area contributed by atoms with Crippen molar-refractivity contribution in [1.82, 2.24) is 9.80 Å². The second-order valence-electron chi connectivity index (χ2n) is 8.31. The van der Waals surface area contributed by atoms with Crippen LogP contribution in [0.5, 0.6) is 0 Å². The Morgan fingerprint density at radius 3 is 2.35 bits per heavy atom. The number of benzene rings is 3. The number of piperazine rings is 1. The van der Waals surface area contributed by atoms with E-state index in [1.165, 1.54) is 12.1 Å². The van der Waals surface area contributed by atoms with Gasteiger partial charge in [0.15, 0.2) is 0 Å². The second-order valence-corrected chi connectivity index (χ2v) is 8.31. The molecule has 176 valence electrons. The van der Waals surface area contributed by atoms with Crippen LogP contribution in [0.2, 0.25) is 0 Å². The van der Waals surface area contributed by atoms with E-state index in [0.29, 0.717) is 44.0 Å². The van der Waals surface area contributed by atoms with Gasteiger partial charge in [-0.3, -0.25) is 4.79 Å². The lowest BCUT2D eigenvalue weighted by Gasteiger charge is -2.37. The molecule has 0 saturated carbocycles. The fraction of sp³-hybridized carbons (Fsp3) is 0.231. The van der Waals surface area contributed by atoms with Crippen LogP contribution in [0.3, 0.4) is 0 Å². The zero-order chi connectivity index (χ0) is 24.1. The van der Waals surface area contributed by atoms with Crippen LogP contribution in [0.1, 0.15) is 15.9 Å². The third-order valence-electron chi connectivity index (χ3n) is 5.88. The largest absolute Gasteiger partial charge is 0.399 e. The Kier molecular flexibility index (Phi) is 6.96. The van der Waals surface area contributed by atoms with Crippen molar-refractivity contribution in [3.8, 4) is 0 Å². The molecule has 0 aliphatic carbocycles. The summed E-state index contributed by atoms with van der Waals surface area (Å²) in [5, 5.41) is 2.63. The third kappa shape index (κ3) is 5.28. The number of carbonyl (C=O) groups is 2. The van der Waals surface area contributed by atoms with E-state index in [1.807, 2.05) is 36.4 Å². The molecule has 0 atom stereocenters. The standard InChI is InChI=1S/C26H28FN5O2/c1-30(18-19-7-3-2-4-8-19)25(33)21-17-20(28)11-12-24(21)31-13-15-32(16-14-31)26(34)29-23-10-6-5-9-22(23)27/h2-12,17H,13-16,18,28H2,1H3,(H,29,34). The van der Waals surface area contributed by atoms with Crippen LogP contribution in [0, 0.1) is 5.82 Å². The number of carbonyl (C=O) groups excluding carboxylic acids is 2. The predicted octanol–water partition coefficient (Wildman–Crippen LogP) is 4.03. The SMILES string of the molecule is CN(Cc1ccccc1)C(=O)c1cc(N)ccc1N1CCN(C(=O)Nc2ccccc2F)CC1. The van der Waals surface area contributed by atoms with E-state index in [-0.39, 0.29) is 17.6 Å². The topological polar surface area (TPSA) is 81.9 Å². The maximum atomic E-state index is 13.9. The molecule has 0 aromatic heterocycles. The minimum Gasteiger partial charge on any atom is -0.399 e. The molecule has 8 heteroatoms. The quantitative estimate of drug-likeness (QED) is 0.562. The maximum absolute atomic E-state index is 13.9. The summed E-state index contributed by atoms with van der Waals surface area (Å²) in [6.07, 6.45) is 0. The van der Waals surface area contributed by atoms with Crippen molar-refractivity contribution in [3.63, 3.8) is 0 Å². The highest BCUT2D eigenvalue weighted by Crippen LogP contribution is 2.26. The first-order valence-electron chi connectivity index (χ1n) is 11.2. The smallest absolute Gasteiger partial charge is 0.322 e. The summed E-state index contributed by atoms with van der Waals surface area (Å²) in [7, 11) is 1.77. The summed E-state index contributed by atoms with van der Waals surface area (Å²) in [4.78, 5) is 31.3. The summed E-state index contributed by atoms with van der Waals surface area (Å²) in [5.74, 6) is -0.593. The number of nitrogens with zero attached hydrogens (tertiary/aromatic N) is 3. The number of halogens is 1. The molecule has 34 heavy (non-hydrogen) atoms. The lowest BCUT2D eigenvalue weighted by molar-refractivity contribution is 0.0785. The molecule has 3 aromatic rings. The van der Waals surface area contributed by atoms with Crippen molar-refractivity contribution >= 4 is 29.0 Å². The number of urea groups is 1. The fourth-order valence-electron chi connectivity index (χ4n) is 4.04. The van der Waals surface area contributed by atoms with Crippen LogP contribution in [0.15, 0.2) is 72.8 Å². The molecular weight excluding hydrogens is 433 g/mol. The summed E-state index contributed by atoms with van der Waals surface area (Å²) in [6, 6.07) is 20.9. The number of rotatable bonds is 5. The van der Waals surface area contributed by atoms with Crippen LogP contribution < -0.4 is 16.0 Å². The van der Waals surface area contributed by atoms with Crippen molar-refractivity contribution < 1.29 is 14.0 Å². The molecule has 0 unspecified atom stereocenters. The molecule has 1 saturated heterocycles. The van der Waals surface area contributed by atoms with Crippen LogP contribution in [0.25, 0.3) is 0 Å². The Balaban J connectivity index is 1.43. The van der Waals surface area contributed by atoms with Gasteiger partial charge < -0.3 is 25.8 Å². The highest BCUT2D eigenvalue weighted by Gasteiger charge is 2.26. The van der Waals surface area contributed by atoms with Gasteiger partial charge in [-0.15, -0.1) is 0 Å². The summed E-state index contributed by atoms with van der Waals surface area (Å²) in [6.45, 7) is 2.45. The van der Waals surface area contributed by atoms with Crippen LogP contribution in [-0.4, -0.2) is 55.0 Å². The van der Waals surface area contributed by atoms with Crippen LogP contribution >= 0.6 is 0 Å². The molecule has 1 aliphatic heterocycles. The lowest BCUT2D eigenvalue weighted by atomic mass is 10.1. The zero-order valence-electron chi connectivity index (χ0n) is 19.1. The van der Waals surface area contributed by atoms with Gasteiger partial charge in [-0.2, -0.15) is 0 Å². The van der Waals surface area contributed by atoms with E-state index in [4.69, 9.17) is 5.73 Å². The molecule has 0 radical (unpaired) electrons. The molecule has 7 nitrogen and oxygen atoms in total. The Bertz CT molecular complexity index is 1160. The minimum absolute atomic E-state index is 0.120. The van der Waals surface area contributed by atoms with Gasteiger partial charge in [-0.05, 0) is 35.9 Å². The van der Waals surface area contributed by atoms with Crippen LogP contribution in [0.4, 0.5) is 26.2 Å². The first-order chi connectivity index (χ1) is 16.4.